The van der Waals surface area contributed by atoms with Crippen molar-refractivity contribution in [1.29, 1.82) is 0 Å². The van der Waals surface area contributed by atoms with Gasteiger partial charge in [0.1, 0.15) is 5.82 Å². The van der Waals surface area contributed by atoms with Crippen LogP contribution in [0.1, 0.15) is 38.6 Å². The van der Waals surface area contributed by atoms with E-state index in [1.165, 1.54) is 0 Å². The summed E-state index contributed by atoms with van der Waals surface area (Å²) in [5, 5.41) is 4.70. The van der Waals surface area contributed by atoms with Gasteiger partial charge in [0.2, 0.25) is 0 Å². The van der Waals surface area contributed by atoms with Crippen molar-refractivity contribution < 1.29 is 0 Å². The molecule has 0 amide bonds. The molecule has 1 aromatic heterocycles. The Hall–Kier alpha value is -2.17. The number of nitrogens with zero attached hydrogens (tertiary/aromatic N) is 2. The van der Waals surface area contributed by atoms with Crippen LogP contribution >= 0.6 is 11.6 Å². The van der Waals surface area contributed by atoms with Crippen LogP contribution in [0.3, 0.4) is 0 Å². The van der Waals surface area contributed by atoms with Gasteiger partial charge in [-0.3, -0.25) is 9.36 Å². The zero-order valence-electron chi connectivity index (χ0n) is 14.5. The van der Waals surface area contributed by atoms with E-state index in [9.17, 15) is 4.79 Å². The number of fused-ring (bicyclic) bond motifs is 1. The fraction of sp³-hybridized carbons (Fsp3) is 0.300. The summed E-state index contributed by atoms with van der Waals surface area (Å²) in [5.74, 6) is 0.724. The van der Waals surface area contributed by atoms with Crippen molar-refractivity contribution in [3.05, 3.63) is 69.7 Å². The van der Waals surface area contributed by atoms with E-state index in [0.29, 0.717) is 10.4 Å². The first-order valence-corrected chi connectivity index (χ1v) is 9.04. The molecule has 25 heavy (non-hydrogen) atoms. The number of benzene rings is 2. The Morgan fingerprint density at radius 2 is 1.96 bits per heavy atom. The van der Waals surface area contributed by atoms with Crippen LogP contribution in [0, 0.1) is 0 Å². The molecule has 1 atom stereocenters. The molecular weight excluding hydrogens is 334 g/mol. The molecule has 4 nitrogen and oxygen atoms in total. The molecule has 0 bridgehead atoms. The monoisotopic (exact) mass is 355 g/mol. The minimum Gasteiger partial charge on any atom is -0.307 e. The third-order valence-electron chi connectivity index (χ3n) is 4.23. The lowest BCUT2D eigenvalue weighted by Gasteiger charge is -2.21. The molecule has 1 heterocycles. The van der Waals surface area contributed by atoms with Gasteiger partial charge in [-0.15, -0.1) is 0 Å². The summed E-state index contributed by atoms with van der Waals surface area (Å²) in [6, 6.07) is 14.8. The first kappa shape index (κ1) is 17.6. The third kappa shape index (κ3) is 3.60. The summed E-state index contributed by atoms with van der Waals surface area (Å²) in [4.78, 5) is 18.0. The van der Waals surface area contributed by atoms with Crippen LogP contribution in [0.15, 0.2) is 53.3 Å². The Morgan fingerprint density at radius 1 is 1.16 bits per heavy atom. The average Bonchev–Trinajstić information content (AvgIpc) is 2.62. The Bertz CT molecular complexity index is 936. The minimum absolute atomic E-state index is 0.00348. The molecule has 1 N–H and O–H groups in total. The van der Waals surface area contributed by atoms with Gasteiger partial charge < -0.3 is 5.32 Å². The molecule has 2 aromatic carbocycles. The Balaban J connectivity index is 2.29. The van der Waals surface area contributed by atoms with Crippen molar-refractivity contribution in [2.45, 2.75) is 32.7 Å². The fourth-order valence-electron chi connectivity index (χ4n) is 2.99. The Labute approximate surface area is 152 Å². The normalized spacial score (nSPS) is 12.4. The summed E-state index contributed by atoms with van der Waals surface area (Å²) in [6.07, 6.45) is 1.86. The van der Waals surface area contributed by atoms with Gasteiger partial charge in [0, 0.05) is 5.02 Å². The van der Waals surface area contributed by atoms with Crippen LogP contribution in [0.2, 0.25) is 5.02 Å². The van der Waals surface area contributed by atoms with Crippen LogP contribution in [-0.4, -0.2) is 16.1 Å². The maximum absolute atomic E-state index is 13.2. The average molecular weight is 356 g/mol. The number of hydrogen-bond donors (Lipinski definition) is 1. The molecular formula is C20H22ClN3O. The second-order valence-corrected chi connectivity index (χ2v) is 6.46. The predicted octanol–water partition coefficient (Wildman–Crippen LogP) is 4.49. The molecule has 0 aliphatic carbocycles. The molecule has 0 aliphatic rings. The summed E-state index contributed by atoms with van der Waals surface area (Å²) in [6.45, 7) is 5.09. The molecule has 0 radical (unpaired) electrons. The second kappa shape index (κ2) is 7.81. The molecule has 0 unspecified atom stereocenters. The highest BCUT2D eigenvalue weighted by atomic mass is 35.5. The van der Waals surface area contributed by atoms with Crippen LogP contribution in [0.25, 0.3) is 16.6 Å². The quantitative estimate of drug-likeness (QED) is 0.708. The van der Waals surface area contributed by atoms with Crippen molar-refractivity contribution in [3.8, 4) is 5.69 Å². The number of halogens is 1. The molecule has 0 fully saturated rings. The fourth-order valence-corrected chi connectivity index (χ4v) is 3.17. The van der Waals surface area contributed by atoms with E-state index in [1.807, 2.05) is 36.4 Å². The van der Waals surface area contributed by atoms with E-state index in [0.717, 1.165) is 36.4 Å². The first-order valence-electron chi connectivity index (χ1n) is 8.66. The van der Waals surface area contributed by atoms with E-state index in [1.54, 1.807) is 16.7 Å². The lowest BCUT2D eigenvalue weighted by molar-refractivity contribution is 0.484. The SMILES string of the molecule is CCCN[C@H](CC)c1nc2ccccc2c(=O)n1-c1cccc(Cl)c1. The lowest BCUT2D eigenvalue weighted by atomic mass is 10.1. The number of nitrogens with one attached hydrogen (secondary N) is 1. The van der Waals surface area contributed by atoms with Gasteiger partial charge in [0.15, 0.2) is 0 Å². The van der Waals surface area contributed by atoms with Crippen LogP contribution in [0.4, 0.5) is 0 Å². The number of aromatic nitrogens is 2. The molecule has 3 aromatic rings. The number of para-hydroxylation sites is 1. The van der Waals surface area contributed by atoms with Crippen LogP contribution in [-0.2, 0) is 0 Å². The standard InChI is InChI=1S/C20H22ClN3O/c1-3-12-22-17(4-2)19-23-18-11-6-5-10-16(18)20(25)24(19)15-9-7-8-14(21)13-15/h5-11,13,17,22H,3-4,12H2,1-2H3/t17-/m1/s1. The first-order chi connectivity index (χ1) is 12.2. The molecule has 130 valence electrons. The molecule has 0 saturated heterocycles. The van der Waals surface area contributed by atoms with Crippen LogP contribution in [0.5, 0.6) is 0 Å². The molecule has 0 spiro atoms. The van der Waals surface area contributed by atoms with Gasteiger partial charge in [0.25, 0.3) is 5.56 Å². The number of rotatable bonds is 6. The predicted molar refractivity (Wildman–Crippen MR) is 104 cm³/mol. The van der Waals surface area contributed by atoms with Gasteiger partial charge >= 0.3 is 0 Å². The summed E-state index contributed by atoms with van der Waals surface area (Å²) >= 11 is 6.16. The summed E-state index contributed by atoms with van der Waals surface area (Å²) < 4.78 is 1.69. The molecule has 3 rings (SSSR count). The van der Waals surface area contributed by atoms with E-state index >= 15 is 0 Å². The van der Waals surface area contributed by atoms with Gasteiger partial charge in [-0.05, 0) is 49.7 Å². The zero-order chi connectivity index (χ0) is 17.8. The van der Waals surface area contributed by atoms with Crippen molar-refractivity contribution in [2.24, 2.45) is 0 Å². The van der Waals surface area contributed by atoms with Gasteiger partial charge in [-0.2, -0.15) is 0 Å². The molecule has 0 aliphatic heterocycles. The Morgan fingerprint density at radius 3 is 2.68 bits per heavy atom. The maximum Gasteiger partial charge on any atom is 0.266 e. The molecule has 5 heteroatoms. The maximum atomic E-state index is 13.2. The van der Waals surface area contributed by atoms with Gasteiger partial charge in [0.05, 0.1) is 22.6 Å². The zero-order valence-corrected chi connectivity index (χ0v) is 15.3. The summed E-state index contributed by atoms with van der Waals surface area (Å²) in [5.41, 5.74) is 1.39. The van der Waals surface area contributed by atoms with Gasteiger partial charge in [-0.25, -0.2) is 4.98 Å². The van der Waals surface area contributed by atoms with E-state index < -0.39 is 0 Å². The lowest BCUT2D eigenvalue weighted by Crippen LogP contribution is -2.31. The highest BCUT2D eigenvalue weighted by Crippen LogP contribution is 2.22. The largest absolute Gasteiger partial charge is 0.307 e. The summed E-state index contributed by atoms with van der Waals surface area (Å²) in [7, 11) is 0. The minimum atomic E-state index is -0.0698. The van der Waals surface area contributed by atoms with Crippen molar-refractivity contribution in [2.75, 3.05) is 6.54 Å². The van der Waals surface area contributed by atoms with E-state index in [-0.39, 0.29) is 11.6 Å². The highest BCUT2D eigenvalue weighted by Gasteiger charge is 2.19. The Kier molecular flexibility index (Phi) is 5.51. The van der Waals surface area contributed by atoms with E-state index in [2.05, 4.69) is 19.2 Å². The van der Waals surface area contributed by atoms with Gasteiger partial charge in [-0.1, -0.05) is 43.6 Å². The van der Waals surface area contributed by atoms with Crippen molar-refractivity contribution in [1.82, 2.24) is 14.9 Å². The van der Waals surface area contributed by atoms with E-state index in [4.69, 9.17) is 16.6 Å². The van der Waals surface area contributed by atoms with Crippen molar-refractivity contribution >= 4 is 22.5 Å². The highest BCUT2D eigenvalue weighted by molar-refractivity contribution is 6.30. The van der Waals surface area contributed by atoms with Crippen LogP contribution < -0.4 is 10.9 Å². The number of hydrogen-bond acceptors (Lipinski definition) is 3. The second-order valence-electron chi connectivity index (χ2n) is 6.02. The van der Waals surface area contributed by atoms with Crippen molar-refractivity contribution in [3.63, 3.8) is 0 Å². The topological polar surface area (TPSA) is 46.9 Å². The molecule has 0 saturated carbocycles. The third-order valence-corrected chi connectivity index (χ3v) is 4.46. The smallest absolute Gasteiger partial charge is 0.266 e.